The van der Waals surface area contributed by atoms with E-state index in [0.29, 0.717) is 19.5 Å². The maximum absolute atomic E-state index is 11.8. The monoisotopic (exact) mass is 217 g/mol. The predicted molar refractivity (Wildman–Crippen MR) is 53.0 cm³/mol. The van der Waals surface area contributed by atoms with Gasteiger partial charge in [-0.05, 0) is 6.42 Å². The van der Waals surface area contributed by atoms with Gasteiger partial charge in [0.25, 0.3) is 0 Å². The van der Waals surface area contributed by atoms with Crippen molar-refractivity contribution in [2.45, 2.75) is 24.6 Å². The molecule has 6 heteroatoms. The van der Waals surface area contributed by atoms with Gasteiger partial charge in [-0.1, -0.05) is 6.92 Å². The highest BCUT2D eigenvalue weighted by Crippen LogP contribution is 2.15. The van der Waals surface area contributed by atoms with E-state index in [0.717, 1.165) is 0 Å². The molecule has 0 amide bonds. The maximum Gasteiger partial charge on any atom is 0.230 e. The molecule has 0 aromatic carbocycles. The van der Waals surface area contributed by atoms with E-state index in [2.05, 4.69) is 5.32 Å². The van der Waals surface area contributed by atoms with E-state index in [-0.39, 0.29) is 6.04 Å². The molecule has 1 atom stereocenters. The van der Waals surface area contributed by atoms with Gasteiger partial charge >= 0.3 is 0 Å². The van der Waals surface area contributed by atoms with Crippen molar-refractivity contribution in [1.29, 1.82) is 5.26 Å². The molecule has 0 aliphatic carbocycles. The minimum absolute atomic E-state index is 0.0161. The second kappa shape index (κ2) is 4.26. The molecule has 1 N–H and O–H groups in total. The number of hydrogen-bond acceptors (Lipinski definition) is 4. The standard InChI is InChI=1S/C8H15N3O2S/c1-3-8(4-9)14(12,13)11(2)7-5-10-6-7/h7-8,10H,3,5-6H2,1-2H3. The van der Waals surface area contributed by atoms with Crippen LogP contribution in [0.1, 0.15) is 13.3 Å². The fourth-order valence-corrected chi connectivity index (χ4v) is 2.83. The average Bonchev–Trinajstić information content (AvgIpc) is 2.02. The molecule has 14 heavy (non-hydrogen) atoms. The number of rotatable bonds is 4. The van der Waals surface area contributed by atoms with E-state index >= 15 is 0 Å². The lowest BCUT2D eigenvalue weighted by molar-refractivity contribution is 0.273. The van der Waals surface area contributed by atoms with Crippen molar-refractivity contribution in [3.63, 3.8) is 0 Å². The highest BCUT2D eigenvalue weighted by atomic mass is 32.2. The van der Waals surface area contributed by atoms with Crippen LogP contribution in [0.15, 0.2) is 0 Å². The van der Waals surface area contributed by atoms with Gasteiger partial charge in [-0.2, -0.15) is 9.57 Å². The molecule has 1 fully saturated rings. The van der Waals surface area contributed by atoms with Gasteiger partial charge in [0.1, 0.15) is 0 Å². The fourth-order valence-electron chi connectivity index (χ4n) is 1.31. The first-order valence-corrected chi connectivity index (χ1v) is 6.11. The van der Waals surface area contributed by atoms with Crippen LogP contribution < -0.4 is 5.32 Å². The molecular formula is C8H15N3O2S. The van der Waals surface area contributed by atoms with Gasteiger partial charge < -0.3 is 5.32 Å². The Morgan fingerprint density at radius 2 is 2.21 bits per heavy atom. The third-order valence-corrected chi connectivity index (χ3v) is 4.81. The summed E-state index contributed by atoms with van der Waals surface area (Å²) in [4.78, 5) is 0. The predicted octanol–water partition coefficient (Wildman–Crippen LogP) is -0.478. The van der Waals surface area contributed by atoms with Crippen LogP contribution in [0.25, 0.3) is 0 Å². The summed E-state index contributed by atoms with van der Waals surface area (Å²) >= 11 is 0. The van der Waals surface area contributed by atoms with Crippen LogP contribution in [0.3, 0.4) is 0 Å². The van der Waals surface area contributed by atoms with Gasteiger partial charge in [0.15, 0.2) is 5.25 Å². The molecular weight excluding hydrogens is 202 g/mol. The molecule has 0 aromatic heterocycles. The van der Waals surface area contributed by atoms with Crippen LogP contribution in [0.5, 0.6) is 0 Å². The average molecular weight is 217 g/mol. The first kappa shape index (κ1) is 11.4. The summed E-state index contributed by atoms with van der Waals surface area (Å²) < 4.78 is 24.9. The van der Waals surface area contributed by atoms with Crippen LogP contribution in [0, 0.1) is 11.3 Å². The largest absolute Gasteiger partial charge is 0.313 e. The molecule has 5 nitrogen and oxygen atoms in total. The number of nitrogens with zero attached hydrogens (tertiary/aromatic N) is 2. The molecule has 0 aromatic rings. The van der Waals surface area contributed by atoms with Gasteiger partial charge in [0.05, 0.1) is 6.07 Å². The Labute approximate surface area is 84.8 Å². The lowest BCUT2D eigenvalue weighted by atomic mass is 10.2. The quantitative estimate of drug-likeness (QED) is 0.690. The van der Waals surface area contributed by atoms with E-state index in [4.69, 9.17) is 5.26 Å². The Balaban J connectivity index is 2.78. The highest BCUT2D eigenvalue weighted by Gasteiger charge is 2.35. The fraction of sp³-hybridized carbons (Fsp3) is 0.875. The molecule has 0 radical (unpaired) electrons. The third kappa shape index (κ3) is 1.90. The summed E-state index contributed by atoms with van der Waals surface area (Å²) in [6.45, 7) is 3.06. The molecule has 1 saturated heterocycles. The molecule has 1 aliphatic heterocycles. The molecule has 1 aliphatic rings. The number of nitrogens with one attached hydrogen (secondary N) is 1. The molecule has 80 valence electrons. The second-order valence-corrected chi connectivity index (χ2v) is 5.57. The molecule has 0 spiro atoms. The van der Waals surface area contributed by atoms with Crippen LogP contribution in [-0.2, 0) is 10.0 Å². The zero-order chi connectivity index (χ0) is 10.8. The van der Waals surface area contributed by atoms with Gasteiger partial charge in [-0.15, -0.1) is 0 Å². The van der Waals surface area contributed by atoms with Gasteiger partial charge in [-0.3, -0.25) is 0 Å². The highest BCUT2D eigenvalue weighted by molar-refractivity contribution is 7.90. The van der Waals surface area contributed by atoms with Crippen LogP contribution in [0.4, 0.5) is 0 Å². The van der Waals surface area contributed by atoms with Crippen molar-refractivity contribution in [1.82, 2.24) is 9.62 Å². The summed E-state index contributed by atoms with van der Waals surface area (Å²) in [7, 11) is -1.89. The van der Waals surface area contributed by atoms with Crippen molar-refractivity contribution in [2.75, 3.05) is 20.1 Å². The molecule has 0 saturated carbocycles. The maximum atomic E-state index is 11.8. The minimum Gasteiger partial charge on any atom is -0.313 e. The van der Waals surface area contributed by atoms with Crippen LogP contribution >= 0.6 is 0 Å². The lowest BCUT2D eigenvalue weighted by Gasteiger charge is -2.35. The van der Waals surface area contributed by atoms with Gasteiger partial charge in [0.2, 0.25) is 10.0 Å². The number of hydrogen-bond donors (Lipinski definition) is 1. The molecule has 1 heterocycles. The summed E-state index contributed by atoms with van der Waals surface area (Å²) in [6.07, 6.45) is 0.337. The Morgan fingerprint density at radius 1 is 1.64 bits per heavy atom. The zero-order valence-corrected chi connectivity index (χ0v) is 9.21. The Bertz CT molecular complexity index is 329. The van der Waals surface area contributed by atoms with Crippen molar-refractivity contribution in [2.24, 2.45) is 0 Å². The van der Waals surface area contributed by atoms with E-state index < -0.39 is 15.3 Å². The minimum atomic E-state index is -3.43. The van der Waals surface area contributed by atoms with Gasteiger partial charge in [0, 0.05) is 26.2 Å². The second-order valence-electron chi connectivity index (χ2n) is 3.40. The summed E-state index contributed by atoms with van der Waals surface area (Å²) in [6, 6.07) is 1.84. The summed E-state index contributed by atoms with van der Waals surface area (Å²) in [5, 5.41) is 10.8. The van der Waals surface area contributed by atoms with E-state index in [1.807, 2.05) is 6.07 Å². The van der Waals surface area contributed by atoms with Gasteiger partial charge in [-0.25, -0.2) is 8.42 Å². The van der Waals surface area contributed by atoms with Crippen molar-refractivity contribution < 1.29 is 8.42 Å². The lowest BCUT2D eigenvalue weighted by Crippen LogP contribution is -2.58. The van der Waals surface area contributed by atoms with Crippen LogP contribution in [0.2, 0.25) is 0 Å². The summed E-state index contributed by atoms with van der Waals surface area (Å²) in [5.74, 6) is 0. The first-order chi connectivity index (χ1) is 6.54. The topological polar surface area (TPSA) is 73.2 Å². The number of nitriles is 1. The Hall–Kier alpha value is -0.640. The first-order valence-electron chi connectivity index (χ1n) is 4.61. The van der Waals surface area contributed by atoms with Crippen molar-refractivity contribution in [3.8, 4) is 6.07 Å². The van der Waals surface area contributed by atoms with E-state index in [1.54, 1.807) is 14.0 Å². The zero-order valence-electron chi connectivity index (χ0n) is 8.40. The SMILES string of the molecule is CCC(C#N)S(=O)(=O)N(C)C1CNC1. The summed E-state index contributed by atoms with van der Waals surface area (Å²) in [5.41, 5.74) is 0. The number of likely N-dealkylation sites (N-methyl/N-ethyl adjacent to an activating group) is 1. The third-order valence-electron chi connectivity index (χ3n) is 2.55. The van der Waals surface area contributed by atoms with E-state index in [1.165, 1.54) is 4.31 Å². The molecule has 0 bridgehead atoms. The normalized spacial score (nSPS) is 20.1. The Kier molecular flexibility index (Phi) is 3.48. The number of sulfonamides is 1. The smallest absolute Gasteiger partial charge is 0.230 e. The van der Waals surface area contributed by atoms with Crippen molar-refractivity contribution in [3.05, 3.63) is 0 Å². The van der Waals surface area contributed by atoms with E-state index in [9.17, 15) is 8.42 Å². The Morgan fingerprint density at radius 3 is 2.50 bits per heavy atom. The molecule has 1 unspecified atom stereocenters. The van der Waals surface area contributed by atoms with Crippen molar-refractivity contribution >= 4 is 10.0 Å². The van der Waals surface area contributed by atoms with Crippen LogP contribution in [-0.4, -0.2) is 44.2 Å². The molecule has 1 rings (SSSR count).